The first-order valence-electron chi connectivity index (χ1n) is 37.4. The number of anilines is 2. The highest BCUT2D eigenvalue weighted by atomic mass is 79.9. The Balaban J connectivity index is 0.000000120. The van der Waals surface area contributed by atoms with Crippen LogP contribution in [0.2, 0.25) is 30.8 Å². The summed E-state index contributed by atoms with van der Waals surface area (Å²) >= 11 is 42.2. The molecule has 0 aliphatic rings. The summed E-state index contributed by atoms with van der Waals surface area (Å²) in [7, 11) is 3.92. The molecule has 21 rings (SSSR count). The van der Waals surface area contributed by atoms with Crippen molar-refractivity contribution in [2.45, 2.75) is 0 Å². The second kappa shape index (κ2) is 39.3. The number of nitrogens with zero attached hydrogens (tertiary/aromatic N) is 12. The van der Waals surface area contributed by atoms with Gasteiger partial charge in [0.1, 0.15) is 65.1 Å². The summed E-state index contributed by atoms with van der Waals surface area (Å²) in [6, 6.07) is 52.5. The average molecular weight is 1980 g/mol. The lowest BCUT2D eigenvalue weighted by atomic mass is 10.1. The Morgan fingerprint density at radius 1 is 0.349 bits per heavy atom. The molecule has 0 bridgehead atoms. The number of carbonyl (C=O) groups excluding carboxylic acids is 7. The zero-order valence-electron chi connectivity index (χ0n) is 66.6. The van der Waals surface area contributed by atoms with Gasteiger partial charge in [-0.1, -0.05) is 186 Å². The molecule has 4 amide bonds. The summed E-state index contributed by atoms with van der Waals surface area (Å²) in [4.78, 5) is 123. The van der Waals surface area contributed by atoms with Gasteiger partial charge in [-0.3, -0.25) is 19.2 Å². The first kappa shape index (κ1) is 90.2. The fourth-order valence-corrected chi connectivity index (χ4v) is 15.6. The molecule has 0 aliphatic carbocycles. The number of esters is 3. The molecule has 646 valence electrons. The lowest BCUT2D eigenvalue weighted by molar-refractivity contribution is 0.0591. The normalized spacial score (nSPS) is 10.8. The number of aromatic nitrogens is 18. The van der Waals surface area contributed by atoms with Crippen LogP contribution in [0.5, 0.6) is 0 Å². The van der Waals surface area contributed by atoms with E-state index in [1.165, 1.54) is 75.5 Å². The number of hydrogen-bond acceptors (Lipinski definition) is 23. The Bertz CT molecular complexity index is 7720. The zero-order chi connectivity index (χ0) is 91.8. The van der Waals surface area contributed by atoms with Crippen molar-refractivity contribution in [2.24, 2.45) is 22.9 Å². The predicted octanol–water partition coefficient (Wildman–Crippen LogP) is 17.8. The maximum atomic E-state index is 11.8. The Morgan fingerprint density at radius 3 is 1.12 bits per heavy atom. The van der Waals surface area contributed by atoms with Gasteiger partial charge < -0.3 is 73.5 Å². The van der Waals surface area contributed by atoms with Crippen LogP contribution in [0.1, 0.15) is 72.5 Å². The molecular weight excluding hydrogens is 1910 g/mol. The minimum atomic E-state index is -0.533. The third-order valence-corrected chi connectivity index (χ3v) is 22.0. The highest BCUT2D eigenvalue weighted by Crippen LogP contribution is 2.38. The van der Waals surface area contributed by atoms with Crippen LogP contribution < -0.4 is 34.4 Å². The van der Waals surface area contributed by atoms with Gasteiger partial charge in [0.2, 0.25) is 0 Å². The number of pyridine rings is 7. The number of benzene rings is 7. The average Bonchev–Trinajstić information content (AvgIpc) is 1.55. The number of hydrogen-bond donors (Lipinski definition) is 12. The SMILES string of the molecule is COC(=O)c1cnc(Cl)c2c1[nH]c1ccccc12.COC(=O)c1cnc(Cl)cc1-n1nnc2ccccc21.COC(=O)c1cnc(Cl)cc1Cl.NC(=O)c1cnc(Cl)c2c1[nH]c1ccc(Br)cc12.NC(=O)c1cnc(Cl)c2c1[nH]c1ccccc12.NC(=O)c1cnc(N)c2c1[nH]c1ccc(Br)cc12.NC(=O)c1cnc(N)c2c1[nH]c1ccccc12.c1ccc2n[nH]nc2c1. The van der Waals surface area contributed by atoms with E-state index >= 15 is 0 Å². The van der Waals surface area contributed by atoms with E-state index in [9.17, 15) is 33.6 Å². The highest BCUT2D eigenvalue weighted by molar-refractivity contribution is 9.10. The van der Waals surface area contributed by atoms with Gasteiger partial charge in [-0.2, -0.15) is 15.4 Å². The van der Waals surface area contributed by atoms with Crippen molar-refractivity contribution in [3.05, 3.63) is 292 Å². The molecule has 0 radical (unpaired) electrons. The van der Waals surface area contributed by atoms with Gasteiger partial charge >= 0.3 is 17.9 Å². The van der Waals surface area contributed by atoms with E-state index in [0.29, 0.717) is 93.6 Å². The van der Waals surface area contributed by atoms with Crippen LogP contribution in [0.25, 0.3) is 137 Å². The number of fused-ring (bicyclic) bond motifs is 17. The predicted molar refractivity (Wildman–Crippen MR) is 505 cm³/mol. The summed E-state index contributed by atoms with van der Waals surface area (Å²) < 4.78 is 17.3. The summed E-state index contributed by atoms with van der Waals surface area (Å²) in [6.45, 7) is 0. The second-order valence-electron chi connectivity index (χ2n) is 27.1. The number of H-pyrrole nitrogens is 6. The summed E-state index contributed by atoms with van der Waals surface area (Å²) in [5.74, 6) is -2.81. The molecule has 42 heteroatoms. The number of nitrogens with one attached hydrogen (secondary N) is 6. The lowest BCUT2D eigenvalue weighted by Crippen LogP contribution is -2.12. The minimum Gasteiger partial charge on any atom is -0.465 e. The van der Waals surface area contributed by atoms with Crippen molar-refractivity contribution < 1.29 is 47.8 Å². The van der Waals surface area contributed by atoms with Crippen molar-refractivity contribution in [1.29, 1.82) is 0 Å². The van der Waals surface area contributed by atoms with E-state index in [4.69, 9.17) is 113 Å². The first-order chi connectivity index (χ1) is 62.0. The van der Waals surface area contributed by atoms with Crippen LogP contribution in [0.15, 0.2) is 222 Å². The molecule has 14 aromatic heterocycles. The molecule has 7 aromatic carbocycles. The van der Waals surface area contributed by atoms with E-state index in [1.54, 1.807) is 6.07 Å². The molecule has 0 unspecified atom stereocenters. The topological polar surface area (TPSA) is 545 Å². The number of rotatable bonds is 8. The molecule has 0 fully saturated rings. The summed E-state index contributed by atoms with van der Waals surface area (Å²) in [6.07, 6.45) is 9.63. The number of ether oxygens (including phenoxy) is 3. The molecule has 0 aliphatic heterocycles. The van der Waals surface area contributed by atoms with E-state index in [2.05, 4.69) is 122 Å². The molecule has 129 heavy (non-hydrogen) atoms. The number of carbonyl (C=O) groups is 7. The smallest absolute Gasteiger partial charge is 0.341 e. The largest absolute Gasteiger partial charge is 0.465 e. The van der Waals surface area contributed by atoms with Crippen LogP contribution >= 0.6 is 101 Å². The van der Waals surface area contributed by atoms with Gasteiger partial charge in [-0.05, 0) is 84.9 Å². The van der Waals surface area contributed by atoms with Gasteiger partial charge in [0.25, 0.3) is 23.6 Å². The number of nitrogen functional groups attached to an aromatic ring is 2. The van der Waals surface area contributed by atoms with Crippen LogP contribution in [0, 0.1) is 0 Å². The minimum absolute atomic E-state index is 0.212. The van der Waals surface area contributed by atoms with Crippen LogP contribution in [0.3, 0.4) is 0 Å². The van der Waals surface area contributed by atoms with Gasteiger partial charge in [0, 0.05) is 129 Å². The molecule has 0 spiro atoms. The number of aromatic amines is 6. The van der Waals surface area contributed by atoms with Crippen molar-refractivity contribution >= 4 is 286 Å². The Kier molecular flexibility index (Phi) is 27.5. The van der Waals surface area contributed by atoms with Gasteiger partial charge in [0.15, 0.2) is 0 Å². The third kappa shape index (κ3) is 19.1. The first-order valence-corrected chi connectivity index (χ1v) is 41.2. The molecule has 14 heterocycles. The zero-order valence-corrected chi connectivity index (χ0v) is 74.4. The van der Waals surface area contributed by atoms with Crippen molar-refractivity contribution in [3.8, 4) is 5.69 Å². The van der Waals surface area contributed by atoms with Gasteiger partial charge in [0.05, 0.1) is 104 Å². The van der Waals surface area contributed by atoms with Crippen LogP contribution in [0.4, 0.5) is 11.6 Å². The quantitative estimate of drug-likeness (QED) is 0.0382. The monoisotopic (exact) mass is 1970 g/mol. The van der Waals surface area contributed by atoms with Crippen molar-refractivity contribution in [2.75, 3.05) is 32.8 Å². The fourth-order valence-electron chi connectivity index (χ4n) is 13.6. The Morgan fingerprint density at radius 2 is 0.674 bits per heavy atom. The summed E-state index contributed by atoms with van der Waals surface area (Å²) in [5.41, 5.74) is 46.7. The number of halogens is 8. The standard InChI is InChI=1S/C13H9ClN4O2.C13H9ClN2O2.C12H7BrClN3O.C12H9BrN4O.C12H8ClN3O.C12H10N4O.C7H5Cl2NO2.C6H5N3/c1-20-13(19)8-7-15-12(14)6-11(8)18-10-5-3-2-4-9(10)16-17-18;1-18-13(17)8-6-15-12(14)10-7-4-2-3-5-9(7)16-11(8)10;2*13-5-1-2-8-6(3-5)9-10(17-8)7(12(15)18)4-16-11(9)14;2*13-11-9-6-3-1-2-4-8(6)16-10(9)7(5-15-11)12(14)17;1-12-7(11)4-3-10-6(9)2-5(4)8;1-2-4-6-5(3-1)7-9-8-6/h2-7H,1H3;2-6,16H,1H3;1-4,17H,(H2,15,18);1-4,17H,(H2,14,16)(H2,15,18);1-5,16H,(H2,14,17);1-5,16H,(H2,13,15)(H2,14,17);2-3H,1H3;1-4H,(H,7,8,9). The van der Waals surface area contributed by atoms with Gasteiger partial charge in [-0.25, -0.2) is 54.0 Å². The van der Waals surface area contributed by atoms with E-state index in [0.717, 1.165) is 107 Å². The molecular formula is C87H62Br2Cl6N24O10. The van der Waals surface area contributed by atoms with E-state index in [-0.39, 0.29) is 26.5 Å². The van der Waals surface area contributed by atoms with E-state index < -0.39 is 41.5 Å². The number of amides is 4. The molecule has 0 saturated carbocycles. The third-order valence-electron chi connectivity index (χ3n) is 19.5. The Hall–Kier alpha value is -15.0. The molecule has 18 N–H and O–H groups in total. The molecule has 21 aromatic rings. The lowest BCUT2D eigenvalue weighted by Gasteiger charge is -2.08. The number of primary amides is 4. The number of nitrogens with two attached hydrogens (primary N) is 6. The Labute approximate surface area is 771 Å². The van der Waals surface area contributed by atoms with E-state index in [1.807, 2.05) is 158 Å². The highest BCUT2D eigenvalue weighted by Gasteiger charge is 2.24. The molecule has 34 nitrogen and oxygen atoms in total. The second-order valence-corrected chi connectivity index (χ2v) is 31.2. The van der Waals surface area contributed by atoms with Crippen LogP contribution in [-0.2, 0) is 14.2 Å². The van der Waals surface area contributed by atoms with Crippen LogP contribution in [-0.4, -0.2) is 153 Å². The van der Waals surface area contributed by atoms with Crippen molar-refractivity contribution in [1.82, 2.24) is 90.2 Å². The molecule has 0 atom stereocenters. The van der Waals surface area contributed by atoms with Gasteiger partial charge in [-0.15, -0.1) is 5.10 Å². The number of para-hydroxylation sites is 6. The maximum Gasteiger partial charge on any atom is 0.341 e. The summed E-state index contributed by atoms with van der Waals surface area (Å²) in [5, 5.41) is 28.5. The fraction of sp³-hybridized carbons (Fsp3) is 0.0345. The van der Waals surface area contributed by atoms with Crippen molar-refractivity contribution in [3.63, 3.8) is 0 Å². The maximum absolute atomic E-state index is 11.8. The number of methoxy groups -OCH3 is 3. The molecule has 0 saturated heterocycles.